The summed E-state index contributed by atoms with van der Waals surface area (Å²) in [6, 6.07) is 0.634. The molecule has 0 aromatic rings. The minimum atomic E-state index is 0.634. The Morgan fingerprint density at radius 3 is 2.92 bits per heavy atom. The first-order chi connectivity index (χ1) is 5.79. The third kappa shape index (κ3) is 1.33. The van der Waals surface area contributed by atoms with E-state index in [1.54, 1.807) is 0 Å². The van der Waals surface area contributed by atoms with Crippen molar-refractivity contribution in [1.82, 2.24) is 4.90 Å². The summed E-state index contributed by atoms with van der Waals surface area (Å²) in [4.78, 5) is 2.41. The van der Waals surface area contributed by atoms with E-state index in [0.717, 1.165) is 24.5 Å². The largest absolute Gasteiger partial charge is 0.411 e. The van der Waals surface area contributed by atoms with Gasteiger partial charge in [0.25, 0.3) is 0 Å². The molecule has 2 aliphatic heterocycles. The van der Waals surface area contributed by atoms with E-state index >= 15 is 0 Å². The van der Waals surface area contributed by atoms with Gasteiger partial charge in [0.2, 0.25) is 0 Å². The van der Waals surface area contributed by atoms with E-state index in [1.165, 1.54) is 19.4 Å². The number of nitrogens with zero attached hydrogens (tertiary/aromatic N) is 2. The molecule has 68 valence electrons. The summed E-state index contributed by atoms with van der Waals surface area (Å²) in [5.41, 5.74) is 1.01. The molecular formula is C9H16N2O. The van der Waals surface area contributed by atoms with Crippen molar-refractivity contribution < 1.29 is 5.21 Å². The van der Waals surface area contributed by atoms with Gasteiger partial charge < -0.3 is 10.1 Å². The van der Waals surface area contributed by atoms with Crippen molar-refractivity contribution in [2.75, 3.05) is 13.6 Å². The molecule has 3 aliphatic rings. The summed E-state index contributed by atoms with van der Waals surface area (Å²) in [6.45, 7) is 1.18. The van der Waals surface area contributed by atoms with Crippen molar-refractivity contribution in [3.8, 4) is 0 Å². The van der Waals surface area contributed by atoms with Gasteiger partial charge >= 0.3 is 0 Å². The highest BCUT2D eigenvalue weighted by molar-refractivity contribution is 5.85. The number of hydrogen-bond acceptors (Lipinski definition) is 3. The zero-order valence-electron chi connectivity index (χ0n) is 7.53. The Hall–Kier alpha value is -0.570. The summed E-state index contributed by atoms with van der Waals surface area (Å²) in [5, 5.41) is 12.1. The highest BCUT2D eigenvalue weighted by atomic mass is 16.4. The van der Waals surface area contributed by atoms with Crippen LogP contribution < -0.4 is 0 Å². The molecule has 1 saturated carbocycles. The van der Waals surface area contributed by atoms with Crippen LogP contribution in [0.1, 0.15) is 25.7 Å². The molecule has 2 atom stereocenters. The molecule has 3 rings (SSSR count). The summed E-state index contributed by atoms with van der Waals surface area (Å²) in [5.74, 6) is 0.736. The van der Waals surface area contributed by atoms with Gasteiger partial charge in [-0.2, -0.15) is 0 Å². The van der Waals surface area contributed by atoms with E-state index in [2.05, 4.69) is 17.1 Å². The summed E-state index contributed by atoms with van der Waals surface area (Å²) in [6.07, 6.45) is 4.58. The smallest absolute Gasteiger partial charge is 0.0589 e. The van der Waals surface area contributed by atoms with Crippen LogP contribution in [0.25, 0.3) is 0 Å². The van der Waals surface area contributed by atoms with Gasteiger partial charge in [-0.1, -0.05) is 5.16 Å². The fourth-order valence-electron chi connectivity index (χ4n) is 2.49. The quantitative estimate of drug-likeness (QED) is 0.437. The number of rotatable bonds is 0. The Morgan fingerprint density at radius 1 is 1.42 bits per heavy atom. The average molecular weight is 168 g/mol. The van der Waals surface area contributed by atoms with Crippen molar-refractivity contribution in [2.45, 2.75) is 31.7 Å². The summed E-state index contributed by atoms with van der Waals surface area (Å²) in [7, 11) is 2.18. The molecule has 2 saturated heterocycles. The molecule has 2 heterocycles. The van der Waals surface area contributed by atoms with Gasteiger partial charge in [0.1, 0.15) is 0 Å². The van der Waals surface area contributed by atoms with Crippen LogP contribution in [0.2, 0.25) is 0 Å². The van der Waals surface area contributed by atoms with Crippen molar-refractivity contribution in [3.63, 3.8) is 0 Å². The highest BCUT2D eigenvalue weighted by Gasteiger charge is 2.31. The van der Waals surface area contributed by atoms with E-state index < -0.39 is 0 Å². The van der Waals surface area contributed by atoms with Gasteiger partial charge in [-0.05, 0) is 32.2 Å². The SMILES string of the molecule is CN1CC2CCC1CC(=NO)C2. The molecular weight excluding hydrogens is 152 g/mol. The molecule has 12 heavy (non-hydrogen) atoms. The molecule has 3 heteroatoms. The van der Waals surface area contributed by atoms with E-state index in [4.69, 9.17) is 5.21 Å². The lowest BCUT2D eigenvalue weighted by molar-refractivity contribution is 0.158. The van der Waals surface area contributed by atoms with Crippen LogP contribution in [0.5, 0.6) is 0 Å². The van der Waals surface area contributed by atoms with Gasteiger partial charge in [0.15, 0.2) is 0 Å². The Morgan fingerprint density at radius 2 is 2.25 bits per heavy atom. The van der Waals surface area contributed by atoms with Crippen LogP contribution in [0.4, 0.5) is 0 Å². The Labute approximate surface area is 73.1 Å². The maximum Gasteiger partial charge on any atom is 0.0589 e. The molecule has 0 amide bonds. The summed E-state index contributed by atoms with van der Waals surface area (Å²) < 4.78 is 0. The van der Waals surface area contributed by atoms with Crippen LogP contribution in [-0.4, -0.2) is 35.5 Å². The normalized spacial score (nSPS) is 40.2. The second kappa shape index (κ2) is 3.05. The first-order valence-corrected chi connectivity index (χ1v) is 4.69. The second-order valence-corrected chi connectivity index (χ2v) is 4.11. The lowest BCUT2D eigenvalue weighted by Gasteiger charge is -2.32. The van der Waals surface area contributed by atoms with Gasteiger partial charge in [-0.25, -0.2) is 0 Å². The van der Waals surface area contributed by atoms with Gasteiger partial charge in [-0.3, -0.25) is 0 Å². The molecule has 2 bridgehead atoms. The lowest BCUT2D eigenvalue weighted by atomic mass is 9.95. The standard InChI is InChI=1S/C9H16N2O/c1-11-6-7-2-3-9(11)5-8(4-7)10-12/h7,9,12H,2-6H2,1H3. The van der Waals surface area contributed by atoms with Gasteiger partial charge in [0.05, 0.1) is 5.71 Å². The third-order valence-corrected chi connectivity index (χ3v) is 3.21. The lowest BCUT2D eigenvalue weighted by Crippen LogP contribution is -2.37. The molecule has 1 N–H and O–H groups in total. The monoisotopic (exact) mass is 168 g/mol. The minimum absolute atomic E-state index is 0.634. The van der Waals surface area contributed by atoms with Crippen molar-refractivity contribution in [3.05, 3.63) is 0 Å². The first kappa shape index (κ1) is 8.05. The Kier molecular flexibility index (Phi) is 2.05. The molecule has 0 aromatic heterocycles. The fourth-order valence-corrected chi connectivity index (χ4v) is 2.49. The van der Waals surface area contributed by atoms with Crippen LogP contribution >= 0.6 is 0 Å². The Balaban J connectivity index is 2.16. The minimum Gasteiger partial charge on any atom is -0.411 e. The number of oxime groups is 1. The maximum atomic E-state index is 8.74. The van der Waals surface area contributed by atoms with Gasteiger partial charge in [-0.15, -0.1) is 0 Å². The van der Waals surface area contributed by atoms with E-state index in [1.807, 2.05) is 0 Å². The summed E-state index contributed by atoms with van der Waals surface area (Å²) >= 11 is 0. The molecule has 0 radical (unpaired) electrons. The zero-order chi connectivity index (χ0) is 8.55. The number of piperidine rings is 1. The van der Waals surface area contributed by atoms with E-state index in [0.29, 0.717) is 6.04 Å². The average Bonchev–Trinajstić information content (AvgIpc) is 2.34. The predicted molar refractivity (Wildman–Crippen MR) is 47.6 cm³/mol. The van der Waals surface area contributed by atoms with Crippen LogP contribution in [0.3, 0.4) is 0 Å². The number of fused-ring (bicyclic) bond motifs is 4. The maximum absolute atomic E-state index is 8.74. The first-order valence-electron chi connectivity index (χ1n) is 4.69. The van der Waals surface area contributed by atoms with Gasteiger partial charge in [0, 0.05) is 19.0 Å². The zero-order valence-corrected chi connectivity index (χ0v) is 7.53. The molecule has 1 aliphatic carbocycles. The highest BCUT2D eigenvalue weighted by Crippen LogP contribution is 2.30. The van der Waals surface area contributed by atoms with E-state index in [9.17, 15) is 0 Å². The van der Waals surface area contributed by atoms with Crippen molar-refractivity contribution in [1.29, 1.82) is 0 Å². The molecule has 2 unspecified atom stereocenters. The number of hydrogen-bond donors (Lipinski definition) is 1. The van der Waals surface area contributed by atoms with Crippen LogP contribution in [0, 0.1) is 5.92 Å². The van der Waals surface area contributed by atoms with E-state index in [-0.39, 0.29) is 0 Å². The molecule has 0 spiro atoms. The van der Waals surface area contributed by atoms with Crippen molar-refractivity contribution in [2.24, 2.45) is 11.1 Å². The molecule has 3 nitrogen and oxygen atoms in total. The van der Waals surface area contributed by atoms with Crippen molar-refractivity contribution >= 4 is 5.71 Å². The fraction of sp³-hybridized carbons (Fsp3) is 0.889. The van der Waals surface area contributed by atoms with Crippen LogP contribution in [0.15, 0.2) is 5.16 Å². The molecule has 3 fully saturated rings. The van der Waals surface area contributed by atoms with Crippen LogP contribution in [-0.2, 0) is 0 Å². The topological polar surface area (TPSA) is 35.8 Å². The Bertz CT molecular complexity index is 203. The molecule has 0 aromatic carbocycles. The third-order valence-electron chi connectivity index (χ3n) is 3.21. The predicted octanol–water partition coefficient (Wildman–Crippen LogP) is 1.32. The second-order valence-electron chi connectivity index (χ2n) is 4.11.